The first-order valence-corrected chi connectivity index (χ1v) is 8.80. The minimum absolute atomic E-state index is 0.650. The summed E-state index contributed by atoms with van der Waals surface area (Å²) in [6.07, 6.45) is 23.0. The Bertz CT molecular complexity index is 751. The van der Waals surface area contributed by atoms with Gasteiger partial charge in [0.1, 0.15) is 5.01 Å². The van der Waals surface area contributed by atoms with E-state index in [-0.39, 0.29) is 0 Å². The van der Waals surface area contributed by atoms with Gasteiger partial charge < -0.3 is 0 Å². The summed E-state index contributed by atoms with van der Waals surface area (Å²) < 4.78 is 1.96. The molecule has 0 saturated heterocycles. The highest BCUT2D eigenvalue weighted by Crippen LogP contribution is 2.35. The fourth-order valence-electron chi connectivity index (χ4n) is 3.11. The van der Waals surface area contributed by atoms with Crippen LogP contribution in [-0.4, -0.2) is 14.6 Å². The summed E-state index contributed by atoms with van der Waals surface area (Å²) in [4.78, 5) is 5.77. The molecule has 0 atom stereocenters. The van der Waals surface area contributed by atoms with Crippen molar-refractivity contribution in [2.24, 2.45) is 0 Å². The van der Waals surface area contributed by atoms with Crippen molar-refractivity contribution < 1.29 is 0 Å². The summed E-state index contributed by atoms with van der Waals surface area (Å²) in [6, 6.07) is 0. The maximum Gasteiger partial charge on any atom is 0.212 e. The van der Waals surface area contributed by atoms with Crippen LogP contribution >= 0.6 is 11.3 Å². The lowest BCUT2D eigenvalue weighted by Gasteiger charge is -2.18. The van der Waals surface area contributed by atoms with Crippen LogP contribution in [0.3, 0.4) is 0 Å². The molecule has 4 heteroatoms. The normalized spacial score (nSPS) is 26.1. The molecular formula is C18H19N3S. The highest BCUT2D eigenvalue weighted by Gasteiger charge is 2.20. The molecular weight excluding hydrogens is 290 g/mol. The second kappa shape index (κ2) is 6.05. The van der Waals surface area contributed by atoms with Gasteiger partial charge in [-0.3, -0.25) is 0 Å². The summed E-state index contributed by atoms with van der Waals surface area (Å²) in [5.74, 6) is 0.650. The molecule has 3 nitrogen and oxygen atoms in total. The van der Waals surface area contributed by atoms with Gasteiger partial charge in [-0.1, -0.05) is 73.1 Å². The third kappa shape index (κ3) is 2.71. The van der Waals surface area contributed by atoms with Crippen molar-refractivity contribution in [2.75, 3.05) is 0 Å². The Labute approximate surface area is 134 Å². The van der Waals surface area contributed by atoms with E-state index in [0.717, 1.165) is 16.2 Å². The van der Waals surface area contributed by atoms with Crippen LogP contribution in [0.25, 0.3) is 10.5 Å². The van der Waals surface area contributed by atoms with Crippen molar-refractivity contribution in [3.05, 3.63) is 59.4 Å². The number of imidazole rings is 1. The summed E-state index contributed by atoms with van der Waals surface area (Å²) in [5, 5.41) is 6.05. The number of fused-ring (bicyclic) bond motifs is 1. The van der Waals surface area contributed by atoms with Crippen molar-refractivity contribution in [2.45, 2.75) is 38.0 Å². The molecule has 2 heterocycles. The molecule has 0 amide bonds. The number of aromatic nitrogens is 3. The lowest BCUT2D eigenvalue weighted by Crippen LogP contribution is -2.04. The maximum atomic E-state index is 4.78. The molecule has 2 aromatic rings. The summed E-state index contributed by atoms with van der Waals surface area (Å²) in [7, 11) is 0. The van der Waals surface area contributed by atoms with E-state index in [1.54, 1.807) is 11.3 Å². The molecule has 4 rings (SSSR count). The maximum absolute atomic E-state index is 4.78. The molecule has 0 N–H and O–H groups in total. The van der Waals surface area contributed by atoms with Crippen LogP contribution in [0.5, 0.6) is 0 Å². The average molecular weight is 309 g/mol. The van der Waals surface area contributed by atoms with Crippen LogP contribution < -0.4 is 0 Å². The fourth-order valence-corrected chi connectivity index (χ4v) is 4.16. The van der Waals surface area contributed by atoms with Gasteiger partial charge in [-0.15, -0.1) is 0 Å². The van der Waals surface area contributed by atoms with Crippen molar-refractivity contribution in [1.82, 2.24) is 14.6 Å². The van der Waals surface area contributed by atoms with E-state index in [1.807, 2.05) is 41.1 Å². The lowest BCUT2D eigenvalue weighted by atomic mass is 9.90. The Kier molecular flexibility index (Phi) is 3.77. The number of rotatable bonds is 2. The molecule has 1 fully saturated rings. The highest BCUT2D eigenvalue weighted by atomic mass is 32.1. The van der Waals surface area contributed by atoms with Gasteiger partial charge in [0.2, 0.25) is 4.96 Å². The van der Waals surface area contributed by atoms with E-state index in [0.29, 0.717) is 5.92 Å². The number of allylic oxidation sites excluding steroid dienone is 8. The van der Waals surface area contributed by atoms with Crippen molar-refractivity contribution in [1.29, 1.82) is 0 Å². The zero-order chi connectivity index (χ0) is 14.8. The Morgan fingerprint density at radius 1 is 1.00 bits per heavy atom. The molecule has 2 aromatic heterocycles. The molecule has 2 aliphatic rings. The standard InChI is InChI=1S/C18H19N3S/c1-2-5-9-14(10-6-3-1)16-13-21-18(19-16)22-17(20-21)15-11-7-4-8-12-15/h1-3,5-6,9-10,13,15H,4,7-8,11-12H2/b2-1-,3-1?,5-2?,6-3-,9-5-,10-6?,14-9?,14-10+. The summed E-state index contributed by atoms with van der Waals surface area (Å²) in [6.45, 7) is 0. The number of hydrogen-bond donors (Lipinski definition) is 0. The Morgan fingerprint density at radius 3 is 2.68 bits per heavy atom. The first kappa shape index (κ1) is 13.7. The quantitative estimate of drug-likeness (QED) is 0.789. The van der Waals surface area contributed by atoms with Gasteiger partial charge in [0.15, 0.2) is 0 Å². The topological polar surface area (TPSA) is 30.2 Å². The first-order chi connectivity index (χ1) is 10.9. The van der Waals surface area contributed by atoms with Gasteiger partial charge in [0.05, 0.1) is 11.9 Å². The number of nitrogens with zero attached hydrogens (tertiary/aromatic N) is 3. The van der Waals surface area contributed by atoms with E-state index in [4.69, 9.17) is 10.1 Å². The third-order valence-corrected chi connectivity index (χ3v) is 5.39. The van der Waals surface area contributed by atoms with E-state index in [2.05, 4.69) is 12.2 Å². The molecule has 0 aliphatic heterocycles. The van der Waals surface area contributed by atoms with E-state index < -0.39 is 0 Å². The van der Waals surface area contributed by atoms with Gasteiger partial charge in [-0.2, -0.15) is 5.10 Å². The van der Waals surface area contributed by atoms with Crippen LogP contribution in [0.4, 0.5) is 0 Å². The second-order valence-corrected chi connectivity index (χ2v) is 6.87. The molecule has 0 spiro atoms. The van der Waals surface area contributed by atoms with Crippen molar-refractivity contribution in [3.8, 4) is 0 Å². The van der Waals surface area contributed by atoms with E-state index >= 15 is 0 Å². The Balaban J connectivity index is 1.63. The monoisotopic (exact) mass is 309 g/mol. The Hall–Kier alpha value is -1.94. The first-order valence-electron chi connectivity index (χ1n) is 7.98. The van der Waals surface area contributed by atoms with Gasteiger partial charge in [-0.05, 0) is 12.8 Å². The minimum atomic E-state index is 0.650. The molecule has 0 radical (unpaired) electrons. The van der Waals surface area contributed by atoms with Gasteiger partial charge in [0, 0.05) is 11.5 Å². The highest BCUT2D eigenvalue weighted by molar-refractivity contribution is 7.16. The number of hydrogen-bond acceptors (Lipinski definition) is 3. The largest absolute Gasteiger partial charge is 0.217 e. The molecule has 112 valence electrons. The SMILES string of the molecule is C1=C\C=C/C(c2cn3nc(C4CCCCC4)sc3n2)=C\C=C/1. The molecule has 22 heavy (non-hydrogen) atoms. The summed E-state index contributed by atoms with van der Waals surface area (Å²) >= 11 is 1.76. The molecule has 0 aromatic carbocycles. The van der Waals surface area contributed by atoms with Crippen LogP contribution in [-0.2, 0) is 0 Å². The second-order valence-electron chi connectivity index (χ2n) is 5.88. The van der Waals surface area contributed by atoms with E-state index in [9.17, 15) is 0 Å². The predicted molar refractivity (Wildman–Crippen MR) is 92.1 cm³/mol. The molecule has 1 saturated carbocycles. The van der Waals surface area contributed by atoms with Crippen LogP contribution in [0.2, 0.25) is 0 Å². The zero-order valence-electron chi connectivity index (χ0n) is 12.5. The van der Waals surface area contributed by atoms with Crippen LogP contribution in [0, 0.1) is 0 Å². The van der Waals surface area contributed by atoms with Crippen molar-refractivity contribution >= 4 is 21.9 Å². The van der Waals surface area contributed by atoms with Crippen LogP contribution in [0.1, 0.15) is 48.7 Å². The van der Waals surface area contributed by atoms with E-state index in [1.165, 1.54) is 37.1 Å². The molecule has 2 aliphatic carbocycles. The molecule has 0 unspecified atom stereocenters. The summed E-state index contributed by atoms with van der Waals surface area (Å²) in [5.41, 5.74) is 2.11. The van der Waals surface area contributed by atoms with Crippen LogP contribution in [0.15, 0.2) is 48.7 Å². The smallest absolute Gasteiger partial charge is 0.212 e. The molecule has 0 bridgehead atoms. The van der Waals surface area contributed by atoms with Gasteiger partial charge >= 0.3 is 0 Å². The zero-order valence-corrected chi connectivity index (χ0v) is 13.3. The van der Waals surface area contributed by atoms with Gasteiger partial charge in [0.25, 0.3) is 0 Å². The lowest BCUT2D eigenvalue weighted by molar-refractivity contribution is 0.439. The van der Waals surface area contributed by atoms with Crippen molar-refractivity contribution in [3.63, 3.8) is 0 Å². The average Bonchev–Trinajstić information content (AvgIpc) is 3.06. The van der Waals surface area contributed by atoms with Gasteiger partial charge in [-0.25, -0.2) is 9.50 Å². The fraction of sp³-hybridized carbons (Fsp3) is 0.333. The predicted octanol–water partition coefficient (Wildman–Crippen LogP) is 4.90. The third-order valence-electron chi connectivity index (χ3n) is 4.30. The Morgan fingerprint density at radius 2 is 1.82 bits per heavy atom. The minimum Gasteiger partial charge on any atom is -0.217 e.